The van der Waals surface area contributed by atoms with Crippen molar-refractivity contribution in [3.63, 3.8) is 0 Å². The predicted octanol–water partition coefficient (Wildman–Crippen LogP) is 4.18. The quantitative estimate of drug-likeness (QED) is 0.644. The lowest BCUT2D eigenvalue weighted by Gasteiger charge is -2.32. The maximum absolute atomic E-state index is 13.2. The first-order valence-electron chi connectivity index (χ1n) is 11.7. The van der Waals surface area contributed by atoms with Crippen molar-refractivity contribution in [1.82, 2.24) is 10.2 Å². The Morgan fingerprint density at radius 2 is 1.71 bits per heavy atom. The van der Waals surface area contributed by atoms with Crippen molar-refractivity contribution in [2.45, 2.75) is 38.6 Å². The number of benzene rings is 2. The molecule has 2 aromatic rings. The molecule has 2 aliphatic rings. The second-order valence-electron chi connectivity index (χ2n) is 8.90. The van der Waals surface area contributed by atoms with Crippen molar-refractivity contribution in [3.05, 3.63) is 71.3 Å². The van der Waals surface area contributed by atoms with Crippen LogP contribution in [0.4, 0.5) is 4.79 Å². The maximum atomic E-state index is 13.2. The van der Waals surface area contributed by atoms with E-state index in [4.69, 9.17) is 9.84 Å². The third-order valence-corrected chi connectivity index (χ3v) is 6.89. The van der Waals surface area contributed by atoms with Crippen LogP contribution in [0, 0.1) is 5.92 Å². The van der Waals surface area contributed by atoms with Crippen molar-refractivity contribution in [1.29, 1.82) is 0 Å². The number of carbonyl (C=O) groups excluding carboxylic acids is 2. The Hall–Kier alpha value is -3.61. The molecule has 2 amide bonds. The molecule has 2 aromatic carbocycles. The molecule has 2 unspecified atom stereocenters. The van der Waals surface area contributed by atoms with Gasteiger partial charge < -0.3 is 20.1 Å². The van der Waals surface area contributed by atoms with Crippen LogP contribution in [0.15, 0.2) is 60.2 Å². The number of rotatable bonds is 7. The van der Waals surface area contributed by atoms with Crippen LogP contribution in [0.1, 0.15) is 43.7 Å². The zero-order valence-electron chi connectivity index (χ0n) is 19.5. The summed E-state index contributed by atoms with van der Waals surface area (Å²) in [5.74, 6) is -1.33. The highest BCUT2D eigenvalue weighted by atomic mass is 16.5. The molecule has 4 rings (SSSR count). The highest BCUT2D eigenvalue weighted by molar-refractivity contribution is 5.89. The van der Waals surface area contributed by atoms with Gasteiger partial charge >= 0.3 is 12.1 Å². The summed E-state index contributed by atoms with van der Waals surface area (Å²) in [7, 11) is 0. The number of hydrogen-bond acceptors (Lipinski definition) is 4. The Morgan fingerprint density at radius 1 is 1.09 bits per heavy atom. The summed E-state index contributed by atoms with van der Waals surface area (Å²) in [5.41, 5.74) is 4.87. The van der Waals surface area contributed by atoms with Gasteiger partial charge in [0.25, 0.3) is 0 Å². The SMILES string of the molecule is CCC(C)C(NC(=O)OCC1c2ccccc2-c2ccccc21)C(=O)N1CC=C(C(=O)O)CC1. The Bertz CT molecular complexity index is 1080. The molecule has 34 heavy (non-hydrogen) atoms. The fraction of sp³-hybridized carbons (Fsp3) is 0.370. The van der Waals surface area contributed by atoms with Crippen LogP contribution >= 0.6 is 0 Å². The second kappa shape index (κ2) is 10.1. The number of carbonyl (C=O) groups is 3. The fourth-order valence-corrected chi connectivity index (χ4v) is 4.71. The van der Waals surface area contributed by atoms with Crippen molar-refractivity contribution >= 4 is 18.0 Å². The van der Waals surface area contributed by atoms with Crippen LogP contribution in [0.25, 0.3) is 11.1 Å². The first kappa shape index (κ1) is 23.5. The first-order valence-corrected chi connectivity index (χ1v) is 11.7. The predicted molar refractivity (Wildman–Crippen MR) is 128 cm³/mol. The van der Waals surface area contributed by atoms with Gasteiger partial charge in [0.2, 0.25) is 5.91 Å². The van der Waals surface area contributed by atoms with E-state index >= 15 is 0 Å². The molecule has 7 nitrogen and oxygen atoms in total. The lowest BCUT2D eigenvalue weighted by molar-refractivity contribution is -0.136. The standard InChI is InChI=1S/C27H30N2O5/c1-3-17(2)24(25(30)29-14-12-18(13-15-29)26(31)32)28-27(33)34-16-23-21-10-6-4-8-19(21)20-9-5-7-11-22(20)23/h4-12,17,23-24H,3,13-16H2,1-2H3,(H,28,33)(H,31,32). The maximum Gasteiger partial charge on any atom is 0.407 e. The molecular formula is C27H30N2O5. The molecule has 2 N–H and O–H groups in total. The van der Waals surface area contributed by atoms with Crippen LogP contribution in [0.2, 0.25) is 0 Å². The molecule has 1 heterocycles. The monoisotopic (exact) mass is 462 g/mol. The highest BCUT2D eigenvalue weighted by Crippen LogP contribution is 2.44. The van der Waals surface area contributed by atoms with Crippen molar-refractivity contribution in [2.24, 2.45) is 5.92 Å². The van der Waals surface area contributed by atoms with E-state index in [9.17, 15) is 14.4 Å². The summed E-state index contributed by atoms with van der Waals surface area (Å²) in [6.45, 7) is 4.59. The van der Waals surface area contributed by atoms with Gasteiger partial charge in [-0.05, 0) is 34.6 Å². The summed E-state index contributed by atoms with van der Waals surface area (Å²) < 4.78 is 5.64. The number of carboxylic acid groups (broad SMARTS) is 1. The number of nitrogens with zero attached hydrogens (tertiary/aromatic N) is 1. The Labute approximate surface area is 199 Å². The summed E-state index contributed by atoms with van der Waals surface area (Å²) in [5, 5.41) is 11.9. The van der Waals surface area contributed by atoms with Gasteiger partial charge in [0.05, 0.1) is 0 Å². The van der Waals surface area contributed by atoms with Crippen LogP contribution in [-0.2, 0) is 14.3 Å². The Balaban J connectivity index is 1.42. The molecule has 2 atom stereocenters. The lowest BCUT2D eigenvalue weighted by Crippen LogP contribution is -2.52. The summed E-state index contributed by atoms with van der Waals surface area (Å²) in [6, 6.07) is 15.5. The molecule has 0 radical (unpaired) electrons. The van der Waals surface area contributed by atoms with Gasteiger partial charge in [0.1, 0.15) is 12.6 Å². The molecule has 0 bridgehead atoms. The third-order valence-electron chi connectivity index (χ3n) is 6.89. The highest BCUT2D eigenvalue weighted by Gasteiger charge is 2.33. The molecule has 7 heteroatoms. The molecular weight excluding hydrogens is 432 g/mol. The van der Waals surface area contributed by atoms with Crippen LogP contribution in [0.5, 0.6) is 0 Å². The van der Waals surface area contributed by atoms with Gasteiger partial charge in [-0.15, -0.1) is 0 Å². The topological polar surface area (TPSA) is 95.9 Å². The van der Waals surface area contributed by atoms with Crippen molar-refractivity contribution in [3.8, 4) is 11.1 Å². The molecule has 0 saturated heterocycles. The average molecular weight is 463 g/mol. The van der Waals surface area contributed by atoms with E-state index in [1.807, 2.05) is 38.1 Å². The molecule has 0 fully saturated rings. The summed E-state index contributed by atoms with van der Waals surface area (Å²) in [4.78, 5) is 38.7. The third kappa shape index (κ3) is 4.69. The normalized spacial score (nSPS) is 16.6. The zero-order valence-corrected chi connectivity index (χ0v) is 19.5. The zero-order chi connectivity index (χ0) is 24.2. The largest absolute Gasteiger partial charge is 0.478 e. The molecule has 178 valence electrons. The van der Waals surface area contributed by atoms with E-state index in [0.29, 0.717) is 25.0 Å². The number of fused-ring (bicyclic) bond motifs is 3. The number of alkyl carbamates (subject to hydrolysis) is 1. The van der Waals surface area contributed by atoms with E-state index in [1.165, 1.54) is 0 Å². The minimum Gasteiger partial charge on any atom is -0.478 e. The Morgan fingerprint density at radius 3 is 2.24 bits per heavy atom. The molecule has 1 aliphatic carbocycles. The summed E-state index contributed by atoms with van der Waals surface area (Å²) in [6.07, 6.45) is 1.92. The van der Waals surface area contributed by atoms with Crippen LogP contribution < -0.4 is 5.32 Å². The molecule has 0 saturated carbocycles. The average Bonchev–Trinajstić information content (AvgIpc) is 3.19. The van der Waals surface area contributed by atoms with E-state index in [1.54, 1.807) is 11.0 Å². The lowest BCUT2D eigenvalue weighted by atomic mass is 9.97. The first-order chi connectivity index (χ1) is 16.4. The van der Waals surface area contributed by atoms with E-state index < -0.39 is 18.1 Å². The number of amides is 2. The van der Waals surface area contributed by atoms with Crippen molar-refractivity contribution in [2.75, 3.05) is 19.7 Å². The molecule has 0 spiro atoms. The minimum atomic E-state index is -0.956. The van der Waals surface area contributed by atoms with Gasteiger partial charge in [0, 0.05) is 24.6 Å². The van der Waals surface area contributed by atoms with E-state index in [2.05, 4.69) is 29.6 Å². The van der Waals surface area contributed by atoms with E-state index in [-0.39, 0.29) is 30.9 Å². The number of ether oxygens (including phenoxy) is 1. The van der Waals surface area contributed by atoms with Gasteiger partial charge in [-0.25, -0.2) is 9.59 Å². The second-order valence-corrected chi connectivity index (χ2v) is 8.90. The number of aliphatic carboxylic acids is 1. The van der Waals surface area contributed by atoms with Gasteiger partial charge in [-0.3, -0.25) is 4.79 Å². The van der Waals surface area contributed by atoms with E-state index in [0.717, 1.165) is 22.3 Å². The van der Waals surface area contributed by atoms with Gasteiger partial charge in [-0.2, -0.15) is 0 Å². The molecule has 0 aromatic heterocycles. The van der Waals surface area contributed by atoms with Crippen molar-refractivity contribution < 1.29 is 24.2 Å². The minimum absolute atomic E-state index is 0.0578. The number of carboxylic acids is 1. The number of hydrogen-bond donors (Lipinski definition) is 2. The summed E-state index contributed by atoms with van der Waals surface area (Å²) >= 11 is 0. The number of nitrogens with one attached hydrogen (secondary N) is 1. The Kier molecular flexibility index (Phi) is 7.01. The smallest absolute Gasteiger partial charge is 0.407 e. The van der Waals surface area contributed by atoms with Gasteiger partial charge in [0.15, 0.2) is 0 Å². The fourth-order valence-electron chi connectivity index (χ4n) is 4.71. The van der Waals surface area contributed by atoms with Crippen LogP contribution in [-0.4, -0.2) is 53.7 Å². The van der Waals surface area contributed by atoms with Crippen LogP contribution in [0.3, 0.4) is 0 Å². The molecule has 1 aliphatic heterocycles. The van der Waals surface area contributed by atoms with Gasteiger partial charge in [-0.1, -0.05) is 74.9 Å².